The number of rotatable bonds is 4. The number of amides is 1. The van der Waals surface area contributed by atoms with Crippen molar-refractivity contribution in [3.05, 3.63) is 59.1 Å². The van der Waals surface area contributed by atoms with E-state index in [1.807, 2.05) is 31.2 Å². The van der Waals surface area contributed by atoms with Crippen molar-refractivity contribution >= 4 is 27.5 Å². The van der Waals surface area contributed by atoms with Crippen molar-refractivity contribution in [2.75, 3.05) is 7.05 Å². The number of thiazole rings is 1. The molecular formula is C18H15N5O2S. The molecule has 26 heavy (non-hydrogen) atoms. The Hall–Kier alpha value is -3.13. The second-order valence-corrected chi connectivity index (χ2v) is 7.04. The molecular weight excluding hydrogens is 350 g/mol. The number of hydrogen-bond acceptors (Lipinski definition) is 7. The smallest absolute Gasteiger partial charge is 0.254 e. The molecule has 1 amide bonds. The fourth-order valence-corrected chi connectivity index (χ4v) is 3.45. The Morgan fingerprint density at radius 2 is 2.12 bits per heavy atom. The first-order valence-electron chi connectivity index (χ1n) is 7.97. The van der Waals surface area contributed by atoms with Gasteiger partial charge in [-0.05, 0) is 37.3 Å². The van der Waals surface area contributed by atoms with Crippen LogP contribution in [0, 0.1) is 6.92 Å². The number of nitrogens with zero attached hydrogens (tertiary/aromatic N) is 5. The standard InChI is InChI=1S/C18H15N5O2S/c1-11-20-13-7-6-12(9-15(13)26-11)18(24)23(2)10-16-21-17(22-25-16)14-5-3-4-8-19-14/h3-9H,10H2,1-2H3. The van der Waals surface area contributed by atoms with Crippen LogP contribution in [0.1, 0.15) is 21.3 Å². The monoisotopic (exact) mass is 365 g/mol. The molecule has 0 spiro atoms. The van der Waals surface area contributed by atoms with Crippen molar-refractivity contribution in [2.24, 2.45) is 0 Å². The highest BCUT2D eigenvalue weighted by molar-refractivity contribution is 7.18. The van der Waals surface area contributed by atoms with Gasteiger partial charge in [-0.3, -0.25) is 9.78 Å². The Morgan fingerprint density at radius 1 is 1.23 bits per heavy atom. The summed E-state index contributed by atoms with van der Waals surface area (Å²) in [5.74, 6) is 0.648. The number of benzene rings is 1. The summed E-state index contributed by atoms with van der Waals surface area (Å²) in [7, 11) is 1.70. The lowest BCUT2D eigenvalue weighted by molar-refractivity contribution is 0.0770. The lowest BCUT2D eigenvalue weighted by Crippen LogP contribution is -2.26. The zero-order valence-electron chi connectivity index (χ0n) is 14.2. The molecule has 3 aromatic heterocycles. The quantitative estimate of drug-likeness (QED) is 0.551. The van der Waals surface area contributed by atoms with Crippen LogP contribution in [-0.2, 0) is 6.54 Å². The Bertz CT molecular complexity index is 1070. The summed E-state index contributed by atoms with van der Waals surface area (Å²) < 4.78 is 6.24. The second kappa shape index (κ2) is 6.64. The van der Waals surface area contributed by atoms with Crippen molar-refractivity contribution in [3.8, 4) is 11.5 Å². The van der Waals surface area contributed by atoms with Crippen LogP contribution < -0.4 is 0 Å². The molecule has 0 unspecified atom stereocenters. The molecule has 3 heterocycles. The minimum atomic E-state index is -0.115. The van der Waals surface area contributed by atoms with Crippen molar-refractivity contribution < 1.29 is 9.32 Å². The lowest BCUT2D eigenvalue weighted by atomic mass is 10.2. The number of hydrogen-bond donors (Lipinski definition) is 0. The molecule has 8 heteroatoms. The summed E-state index contributed by atoms with van der Waals surface area (Å²) in [6.07, 6.45) is 1.66. The topological polar surface area (TPSA) is 85.0 Å². The van der Waals surface area contributed by atoms with E-state index in [0.717, 1.165) is 15.2 Å². The molecule has 0 atom stereocenters. The lowest BCUT2D eigenvalue weighted by Gasteiger charge is -2.14. The second-order valence-electron chi connectivity index (χ2n) is 5.80. The normalized spacial score (nSPS) is 11.0. The average Bonchev–Trinajstić information content (AvgIpc) is 3.26. The summed E-state index contributed by atoms with van der Waals surface area (Å²) >= 11 is 1.57. The number of carbonyl (C=O) groups is 1. The van der Waals surface area contributed by atoms with Gasteiger partial charge in [-0.1, -0.05) is 11.2 Å². The van der Waals surface area contributed by atoms with Gasteiger partial charge >= 0.3 is 0 Å². The summed E-state index contributed by atoms with van der Waals surface area (Å²) in [4.78, 5) is 27.1. The van der Waals surface area contributed by atoms with Crippen LogP contribution in [0.3, 0.4) is 0 Å². The highest BCUT2D eigenvalue weighted by atomic mass is 32.1. The van der Waals surface area contributed by atoms with Gasteiger partial charge in [0.2, 0.25) is 11.7 Å². The fraction of sp³-hybridized carbons (Fsp3) is 0.167. The van der Waals surface area contributed by atoms with E-state index in [0.29, 0.717) is 23.0 Å². The van der Waals surface area contributed by atoms with Gasteiger partial charge in [0.25, 0.3) is 5.91 Å². The Balaban J connectivity index is 1.51. The molecule has 0 radical (unpaired) electrons. The minimum absolute atomic E-state index is 0.115. The summed E-state index contributed by atoms with van der Waals surface area (Å²) in [5.41, 5.74) is 2.14. The van der Waals surface area contributed by atoms with E-state index in [4.69, 9.17) is 4.52 Å². The van der Waals surface area contributed by atoms with Crippen molar-refractivity contribution in [3.63, 3.8) is 0 Å². The van der Waals surface area contributed by atoms with Crippen LogP contribution in [0.4, 0.5) is 0 Å². The molecule has 4 aromatic rings. The van der Waals surface area contributed by atoms with Crippen molar-refractivity contribution in [1.29, 1.82) is 0 Å². The minimum Gasteiger partial charge on any atom is -0.337 e. The zero-order valence-corrected chi connectivity index (χ0v) is 15.0. The van der Waals surface area contributed by atoms with Gasteiger partial charge in [0.15, 0.2) is 0 Å². The third-order valence-corrected chi connectivity index (χ3v) is 4.76. The molecule has 0 saturated heterocycles. The van der Waals surface area contributed by atoms with E-state index in [2.05, 4.69) is 20.1 Å². The van der Waals surface area contributed by atoms with Crippen LogP contribution in [0.2, 0.25) is 0 Å². The third-order valence-electron chi connectivity index (χ3n) is 3.82. The van der Waals surface area contributed by atoms with Gasteiger partial charge in [-0.15, -0.1) is 11.3 Å². The number of aryl methyl sites for hydroxylation is 1. The number of pyridine rings is 1. The van der Waals surface area contributed by atoms with Gasteiger partial charge < -0.3 is 9.42 Å². The van der Waals surface area contributed by atoms with Gasteiger partial charge in [-0.2, -0.15) is 4.98 Å². The predicted octanol–water partition coefficient (Wildman–Crippen LogP) is 3.32. The van der Waals surface area contributed by atoms with Crippen LogP contribution >= 0.6 is 11.3 Å². The van der Waals surface area contributed by atoms with Gasteiger partial charge in [0, 0.05) is 18.8 Å². The van der Waals surface area contributed by atoms with E-state index in [-0.39, 0.29) is 12.5 Å². The van der Waals surface area contributed by atoms with E-state index >= 15 is 0 Å². The van der Waals surface area contributed by atoms with Crippen molar-refractivity contribution in [2.45, 2.75) is 13.5 Å². The van der Waals surface area contributed by atoms with E-state index in [9.17, 15) is 4.79 Å². The first-order valence-corrected chi connectivity index (χ1v) is 8.78. The van der Waals surface area contributed by atoms with Crippen LogP contribution in [0.25, 0.3) is 21.7 Å². The number of fused-ring (bicyclic) bond motifs is 1. The summed E-state index contributed by atoms with van der Waals surface area (Å²) in [6, 6.07) is 11.0. The fourth-order valence-electron chi connectivity index (χ4n) is 2.59. The maximum absolute atomic E-state index is 12.7. The Kier molecular flexibility index (Phi) is 4.18. The molecule has 0 aliphatic heterocycles. The highest BCUT2D eigenvalue weighted by Crippen LogP contribution is 2.23. The molecule has 4 rings (SSSR count). The molecule has 7 nitrogen and oxygen atoms in total. The first-order chi connectivity index (χ1) is 12.6. The number of aromatic nitrogens is 4. The number of carbonyl (C=O) groups excluding carboxylic acids is 1. The molecule has 0 bridgehead atoms. The molecule has 0 N–H and O–H groups in total. The summed E-state index contributed by atoms with van der Waals surface area (Å²) in [6.45, 7) is 2.17. The summed E-state index contributed by atoms with van der Waals surface area (Å²) in [5, 5.41) is 4.90. The molecule has 0 aliphatic carbocycles. The van der Waals surface area contributed by atoms with E-state index < -0.39 is 0 Å². The zero-order chi connectivity index (χ0) is 18.1. The largest absolute Gasteiger partial charge is 0.337 e. The maximum Gasteiger partial charge on any atom is 0.254 e. The van der Waals surface area contributed by atoms with Gasteiger partial charge in [0.05, 0.1) is 21.8 Å². The van der Waals surface area contributed by atoms with Crippen LogP contribution in [0.15, 0.2) is 47.1 Å². The maximum atomic E-state index is 12.7. The molecule has 1 aromatic carbocycles. The van der Waals surface area contributed by atoms with Gasteiger partial charge in [-0.25, -0.2) is 4.98 Å². The average molecular weight is 365 g/mol. The molecule has 0 saturated carbocycles. The molecule has 0 fully saturated rings. The van der Waals surface area contributed by atoms with Crippen molar-refractivity contribution in [1.82, 2.24) is 25.0 Å². The highest BCUT2D eigenvalue weighted by Gasteiger charge is 2.17. The van der Waals surface area contributed by atoms with E-state index in [1.54, 1.807) is 41.6 Å². The van der Waals surface area contributed by atoms with E-state index in [1.165, 1.54) is 0 Å². The molecule has 0 aliphatic rings. The predicted molar refractivity (Wildman–Crippen MR) is 97.7 cm³/mol. The van der Waals surface area contributed by atoms with Gasteiger partial charge in [0.1, 0.15) is 5.69 Å². The Labute approximate surface area is 153 Å². The molecule has 130 valence electrons. The SMILES string of the molecule is Cc1nc2ccc(C(=O)N(C)Cc3nc(-c4ccccn4)no3)cc2s1. The van der Waals surface area contributed by atoms with Crippen LogP contribution in [-0.4, -0.2) is 38.0 Å². The Morgan fingerprint density at radius 3 is 2.92 bits per heavy atom. The van der Waals surface area contributed by atoms with Crippen LogP contribution in [0.5, 0.6) is 0 Å². The third kappa shape index (κ3) is 3.18. The first kappa shape index (κ1) is 16.3.